The van der Waals surface area contributed by atoms with Crippen LogP contribution in [0.4, 0.5) is 5.69 Å². The number of pyridine rings is 1. The minimum atomic E-state index is -3.23. The number of nitrogens with one attached hydrogen (secondary N) is 2. The first-order valence-corrected chi connectivity index (χ1v) is 10.2. The lowest BCUT2D eigenvalue weighted by atomic mass is 10.2. The number of benzene rings is 1. The van der Waals surface area contributed by atoms with Gasteiger partial charge in [-0.25, -0.2) is 8.42 Å². The van der Waals surface area contributed by atoms with Gasteiger partial charge < -0.3 is 10.6 Å². The second-order valence-electron chi connectivity index (χ2n) is 6.04. The zero-order valence-corrected chi connectivity index (χ0v) is 15.4. The Labute approximate surface area is 157 Å². The van der Waals surface area contributed by atoms with Crippen LogP contribution in [0.25, 0.3) is 0 Å². The van der Waals surface area contributed by atoms with Crippen LogP contribution in [0.1, 0.15) is 27.1 Å². The summed E-state index contributed by atoms with van der Waals surface area (Å²) in [7, 11) is -3.23. The van der Waals surface area contributed by atoms with Crippen molar-refractivity contribution in [1.82, 2.24) is 15.6 Å². The number of anilines is 1. The monoisotopic (exact) mass is 388 g/mol. The fourth-order valence-corrected chi connectivity index (χ4v) is 4.33. The summed E-state index contributed by atoms with van der Waals surface area (Å²) in [4.78, 5) is 27.9. The highest BCUT2D eigenvalue weighted by Crippen LogP contribution is 2.24. The first-order chi connectivity index (χ1) is 13.0. The molecule has 2 aromatic rings. The Bertz CT molecular complexity index is 914. The van der Waals surface area contributed by atoms with Gasteiger partial charge in [0.15, 0.2) is 0 Å². The van der Waals surface area contributed by atoms with Crippen molar-refractivity contribution in [2.24, 2.45) is 0 Å². The molecule has 0 aliphatic carbocycles. The highest BCUT2D eigenvalue weighted by atomic mass is 32.2. The maximum absolute atomic E-state index is 12.2. The summed E-state index contributed by atoms with van der Waals surface area (Å²) in [5, 5.41) is 5.40. The molecule has 0 atom stereocenters. The van der Waals surface area contributed by atoms with Gasteiger partial charge >= 0.3 is 0 Å². The molecule has 3 rings (SSSR count). The summed E-state index contributed by atoms with van der Waals surface area (Å²) in [6.07, 6.45) is 3.66. The van der Waals surface area contributed by atoms with E-state index >= 15 is 0 Å². The molecule has 0 spiro atoms. The van der Waals surface area contributed by atoms with Gasteiger partial charge in [-0.05, 0) is 42.8 Å². The Balaban J connectivity index is 1.48. The fraction of sp³-hybridized carbons (Fsp3) is 0.278. The molecule has 27 heavy (non-hydrogen) atoms. The molecule has 2 heterocycles. The average Bonchev–Trinajstić information content (AvgIpc) is 3.04. The predicted octanol–water partition coefficient (Wildman–Crippen LogP) is 0.781. The van der Waals surface area contributed by atoms with Crippen molar-refractivity contribution in [2.45, 2.75) is 6.42 Å². The van der Waals surface area contributed by atoms with E-state index in [9.17, 15) is 18.0 Å². The van der Waals surface area contributed by atoms with Gasteiger partial charge in [0.2, 0.25) is 10.0 Å². The van der Waals surface area contributed by atoms with E-state index in [-0.39, 0.29) is 30.7 Å². The lowest BCUT2D eigenvalue weighted by Crippen LogP contribution is -2.34. The standard InChI is InChI=1S/C18H20N4O4S/c23-17(20-9-10-21-18(24)15-3-1-8-19-13-15)14-4-6-16(7-5-14)22-11-2-12-27(22,25)26/h1,3-8,13H,2,9-12H2,(H,20,23)(H,21,24). The number of nitrogens with zero attached hydrogens (tertiary/aromatic N) is 2. The van der Waals surface area contributed by atoms with Crippen molar-refractivity contribution in [1.29, 1.82) is 0 Å². The number of hydrogen-bond donors (Lipinski definition) is 2. The van der Waals surface area contributed by atoms with Crippen molar-refractivity contribution in [3.63, 3.8) is 0 Å². The van der Waals surface area contributed by atoms with Crippen molar-refractivity contribution < 1.29 is 18.0 Å². The lowest BCUT2D eigenvalue weighted by molar-refractivity contribution is 0.0927. The van der Waals surface area contributed by atoms with E-state index in [2.05, 4.69) is 15.6 Å². The van der Waals surface area contributed by atoms with E-state index in [0.717, 1.165) is 0 Å². The van der Waals surface area contributed by atoms with Crippen LogP contribution in [0.5, 0.6) is 0 Å². The van der Waals surface area contributed by atoms with E-state index in [4.69, 9.17) is 0 Å². The molecule has 0 saturated carbocycles. The molecule has 9 heteroatoms. The summed E-state index contributed by atoms with van der Waals surface area (Å²) in [5.74, 6) is -0.394. The second kappa shape index (κ2) is 8.17. The molecule has 1 aliphatic rings. The first-order valence-electron chi connectivity index (χ1n) is 8.54. The number of carbonyl (C=O) groups excluding carboxylic acids is 2. The van der Waals surface area contributed by atoms with Crippen LogP contribution < -0.4 is 14.9 Å². The molecule has 0 radical (unpaired) electrons. The number of rotatable bonds is 6. The topological polar surface area (TPSA) is 108 Å². The number of aromatic nitrogens is 1. The van der Waals surface area contributed by atoms with Gasteiger partial charge in [-0.15, -0.1) is 0 Å². The maximum atomic E-state index is 12.2. The Morgan fingerprint density at radius 1 is 1.00 bits per heavy atom. The van der Waals surface area contributed by atoms with Crippen LogP contribution in [-0.4, -0.2) is 50.6 Å². The molecule has 2 amide bonds. The second-order valence-corrected chi connectivity index (χ2v) is 8.05. The molecule has 142 valence electrons. The van der Waals surface area contributed by atoms with Crippen LogP contribution in [0.15, 0.2) is 48.8 Å². The Morgan fingerprint density at radius 3 is 2.22 bits per heavy atom. The molecule has 1 aromatic heterocycles. The molecule has 1 aromatic carbocycles. The van der Waals surface area contributed by atoms with E-state index < -0.39 is 10.0 Å². The fourth-order valence-electron chi connectivity index (χ4n) is 2.76. The van der Waals surface area contributed by atoms with Gasteiger partial charge in [0, 0.05) is 37.6 Å². The lowest BCUT2D eigenvalue weighted by Gasteiger charge is -2.17. The Kier molecular flexibility index (Phi) is 5.70. The summed E-state index contributed by atoms with van der Waals surface area (Å²) in [6.45, 7) is 1.02. The molecular formula is C18H20N4O4S. The van der Waals surface area contributed by atoms with Crippen LogP contribution in [0.2, 0.25) is 0 Å². The molecule has 8 nitrogen and oxygen atoms in total. The molecule has 0 unspecified atom stereocenters. The molecule has 1 fully saturated rings. The van der Waals surface area contributed by atoms with Crippen LogP contribution in [-0.2, 0) is 10.0 Å². The smallest absolute Gasteiger partial charge is 0.252 e. The van der Waals surface area contributed by atoms with Gasteiger partial charge in [-0.3, -0.25) is 18.9 Å². The zero-order chi connectivity index (χ0) is 19.3. The highest BCUT2D eigenvalue weighted by Gasteiger charge is 2.28. The minimum Gasteiger partial charge on any atom is -0.350 e. The third kappa shape index (κ3) is 4.62. The molecule has 2 N–H and O–H groups in total. The molecule has 1 saturated heterocycles. The first kappa shape index (κ1) is 18.8. The van der Waals surface area contributed by atoms with E-state index in [1.54, 1.807) is 42.6 Å². The normalized spacial score (nSPS) is 15.3. The minimum absolute atomic E-state index is 0.153. The van der Waals surface area contributed by atoms with E-state index in [1.165, 1.54) is 10.5 Å². The maximum Gasteiger partial charge on any atom is 0.252 e. The van der Waals surface area contributed by atoms with Gasteiger partial charge in [0.25, 0.3) is 11.8 Å². The molecule has 1 aliphatic heterocycles. The Morgan fingerprint density at radius 2 is 1.67 bits per heavy atom. The summed E-state index contributed by atoms with van der Waals surface area (Å²) in [6, 6.07) is 9.76. The number of hydrogen-bond acceptors (Lipinski definition) is 5. The average molecular weight is 388 g/mol. The van der Waals surface area contributed by atoms with Crippen LogP contribution in [0, 0.1) is 0 Å². The predicted molar refractivity (Wildman–Crippen MR) is 101 cm³/mol. The highest BCUT2D eigenvalue weighted by molar-refractivity contribution is 7.93. The quantitative estimate of drug-likeness (QED) is 0.711. The van der Waals surface area contributed by atoms with Crippen molar-refractivity contribution in [2.75, 3.05) is 29.7 Å². The zero-order valence-electron chi connectivity index (χ0n) is 14.6. The number of carbonyl (C=O) groups is 2. The molecule has 0 bridgehead atoms. The molecular weight excluding hydrogens is 368 g/mol. The van der Waals surface area contributed by atoms with Crippen LogP contribution >= 0.6 is 0 Å². The number of amides is 2. The van der Waals surface area contributed by atoms with E-state index in [0.29, 0.717) is 29.8 Å². The third-order valence-electron chi connectivity index (χ3n) is 4.14. The summed E-state index contributed by atoms with van der Waals surface area (Å²) >= 11 is 0. The SMILES string of the molecule is O=C(NCCNC(=O)c1cccnc1)c1ccc(N2CCCS2(=O)=O)cc1. The van der Waals surface area contributed by atoms with Crippen LogP contribution in [0.3, 0.4) is 0 Å². The van der Waals surface area contributed by atoms with Crippen molar-refractivity contribution in [3.8, 4) is 0 Å². The van der Waals surface area contributed by atoms with Gasteiger partial charge in [0.1, 0.15) is 0 Å². The van der Waals surface area contributed by atoms with Crippen molar-refractivity contribution >= 4 is 27.5 Å². The van der Waals surface area contributed by atoms with E-state index in [1.807, 2.05) is 0 Å². The Hall–Kier alpha value is -2.94. The van der Waals surface area contributed by atoms with Gasteiger partial charge in [-0.2, -0.15) is 0 Å². The third-order valence-corrected chi connectivity index (χ3v) is 6.01. The van der Waals surface area contributed by atoms with Crippen molar-refractivity contribution in [3.05, 3.63) is 59.9 Å². The van der Waals surface area contributed by atoms with Gasteiger partial charge in [-0.1, -0.05) is 0 Å². The summed E-state index contributed by atoms with van der Waals surface area (Å²) < 4.78 is 25.2. The van der Waals surface area contributed by atoms with Gasteiger partial charge in [0.05, 0.1) is 17.0 Å². The largest absolute Gasteiger partial charge is 0.350 e. The summed E-state index contributed by atoms with van der Waals surface area (Å²) in [5.41, 5.74) is 1.44. The number of sulfonamides is 1.